The van der Waals surface area contributed by atoms with Crippen LogP contribution in [-0.4, -0.2) is 60.5 Å². The molecule has 3 unspecified atom stereocenters. The summed E-state index contributed by atoms with van der Waals surface area (Å²) in [5.41, 5.74) is 0. The van der Waals surface area contributed by atoms with Crippen molar-refractivity contribution in [3.05, 3.63) is 0 Å². The van der Waals surface area contributed by atoms with Gasteiger partial charge in [-0.3, -0.25) is 0 Å². The largest absolute Gasteiger partial charge is 0.389 e. The van der Waals surface area contributed by atoms with E-state index < -0.39 is 0 Å². The van der Waals surface area contributed by atoms with Gasteiger partial charge in [0.1, 0.15) is 0 Å². The molecule has 0 heterocycles. The molecule has 1 rings (SSSR count). The van der Waals surface area contributed by atoms with Crippen LogP contribution in [0.2, 0.25) is 0 Å². The molecule has 1 fully saturated rings. The Morgan fingerprint density at radius 1 is 1.50 bits per heavy atom. The van der Waals surface area contributed by atoms with Gasteiger partial charge in [-0.05, 0) is 32.1 Å². The normalized spacial score (nSPS) is 27.6. The highest BCUT2D eigenvalue weighted by Crippen LogP contribution is 2.32. The number of aliphatic hydroxyl groups is 1. The minimum atomic E-state index is -0.354. The van der Waals surface area contributed by atoms with E-state index in [-0.39, 0.29) is 6.10 Å². The number of methoxy groups -OCH3 is 1. The zero-order valence-corrected chi connectivity index (χ0v) is 11.5. The summed E-state index contributed by atoms with van der Waals surface area (Å²) in [4.78, 5) is 2.29. The Hall–Kier alpha value is 0.230. The van der Waals surface area contributed by atoms with Gasteiger partial charge in [0.05, 0.1) is 12.7 Å². The van der Waals surface area contributed by atoms with Crippen molar-refractivity contribution < 1.29 is 9.84 Å². The molecule has 3 nitrogen and oxygen atoms in total. The highest BCUT2D eigenvalue weighted by molar-refractivity contribution is 7.99. The number of hydrogen-bond acceptors (Lipinski definition) is 4. The van der Waals surface area contributed by atoms with Crippen molar-refractivity contribution in [2.75, 3.05) is 33.1 Å². The number of likely N-dealkylation sites (N-methyl/N-ethyl adjacent to an activating group) is 1. The van der Waals surface area contributed by atoms with Gasteiger partial charge < -0.3 is 14.7 Å². The summed E-state index contributed by atoms with van der Waals surface area (Å²) in [6, 6.07) is 0.649. The van der Waals surface area contributed by atoms with Crippen LogP contribution in [0.4, 0.5) is 0 Å². The Kier molecular flexibility index (Phi) is 6.73. The van der Waals surface area contributed by atoms with Crippen molar-refractivity contribution in [3.63, 3.8) is 0 Å². The third kappa shape index (κ3) is 4.62. The smallest absolute Gasteiger partial charge is 0.0900 e. The minimum absolute atomic E-state index is 0.354. The van der Waals surface area contributed by atoms with Gasteiger partial charge in [-0.25, -0.2) is 0 Å². The highest BCUT2D eigenvalue weighted by Gasteiger charge is 2.28. The Labute approximate surface area is 104 Å². The number of nitrogens with zero attached hydrogens (tertiary/aromatic N) is 1. The summed E-state index contributed by atoms with van der Waals surface area (Å²) < 4.78 is 4.95. The van der Waals surface area contributed by atoms with Gasteiger partial charge >= 0.3 is 0 Å². The molecule has 0 bridgehead atoms. The van der Waals surface area contributed by atoms with E-state index in [4.69, 9.17) is 4.74 Å². The van der Waals surface area contributed by atoms with Crippen molar-refractivity contribution in [3.8, 4) is 0 Å². The van der Waals surface area contributed by atoms with Gasteiger partial charge in [0.15, 0.2) is 0 Å². The lowest BCUT2D eigenvalue weighted by Gasteiger charge is -2.26. The average molecular weight is 247 g/mol. The first-order valence-corrected chi connectivity index (χ1v) is 7.21. The molecule has 1 saturated carbocycles. The van der Waals surface area contributed by atoms with Crippen LogP contribution in [0.25, 0.3) is 0 Å². The first-order chi connectivity index (χ1) is 7.67. The number of rotatable bonds is 7. The maximum Gasteiger partial charge on any atom is 0.0900 e. The number of thioether (sulfide) groups is 1. The lowest BCUT2D eigenvalue weighted by molar-refractivity contribution is 0.0348. The standard InChI is InChI=1S/C12H25NO2S/c1-4-16-12-6-5-10(7-12)13(2)8-11(14)9-15-3/h10-12,14H,4-9H2,1-3H3. The van der Waals surface area contributed by atoms with Crippen molar-refractivity contribution >= 4 is 11.8 Å². The van der Waals surface area contributed by atoms with Crippen LogP contribution in [0.5, 0.6) is 0 Å². The van der Waals surface area contributed by atoms with E-state index >= 15 is 0 Å². The zero-order chi connectivity index (χ0) is 12.0. The van der Waals surface area contributed by atoms with Crippen molar-refractivity contribution in [2.24, 2.45) is 0 Å². The first kappa shape index (κ1) is 14.3. The molecule has 0 amide bonds. The number of aliphatic hydroxyl groups excluding tert-OH is 1. The SMILES string of the molecule is CCSC1CCC(N(C)CC(O)COC)C1. The summed E-state index contributed by atoms with van der Waals surface area (Å²) in [5.74, 6) is 1.22. The van der Waals surface area contributed by atoms with Gasteiger partial charge in [0, 0.05) is 24.9 Å². The average Bonchev–Trinajstić information content (AvgIpc) is 2.67. The van der Waals surface area contributed by atoms with E-state index in [9.17, 15) is 5.11 Å². The number of ether oxygens (including phenoxy) is 1. The monoisotopic (exact) mass is 247 g/mol. The molecule has 1 aliphatic carbocycles. The highest BCUT2D eigenvalue weighted by atomic mass is 32.2. The van der Waals surface area contributed by atoms with Gasteiger partial charge in [-0.1, -0.05) is 6.92 Å². The Balaban J connectivity index is 2.24. The fourth-order valence-electron chi connectivity index (χ4n) is 2.43. The van der Waals surface area contributed by atoms with Gasteiger partial charge in [0.2, 0.25) is 0 Å². The molecule has 3 atom stereocenters. The van der Waals surface area contributed by atoms with E-state index in [0.717, 1.165) is 11.8 Å². The van der Waals surface area contributed by atoms with Crippen molar-refractivity contribution in [1.29, 1.82) is 0 Å². The third-order valence-electron chi connectivity index (χ3n) is 3.24. The van der Waals surface area contributed by atoms with E-state index in [1.54, 1.807) is 7.11 Å². The summed E-state index contributed by atoms with van der Waals surface area (Å²) in [6.45, 7) is 3.39. The zero-order valence-electron chi connectivity index (χ0n) is 10.7. The van der Waals surface area contributed by atoms with Crippen LogP contribution < -0.4 is 0 Å². The van der Waals surface area contributed by atoms with Crippen LogP contribution in [-0.2, 0) is 4.74 Å². The fraction of sp³-hybridized carbons (Fsp3) is 1.00. The van der Waals surface area contributed by atoms with Crippen LogP contribution in [0.1, 0.15) is 26.2 Å². The maximum absolute atomic E-state index is 9.68. The lowest BCUT2D eigenvalue weighted by Crippen LogP contribution is -2.38. The molecular weight excluding hydrogens is 222 g/mol. The maximum atomic E-state index is 9.68. The quantitative estimate of drug-likeness (QED) is 0.741. The molecule has 0 spiro atoms. The summed E-state index contributed by atoms with van der Waals surface area (Å²) in [5, 5.41) is 10.5. The van der Waals surface area contributed by atoms with Crippen LogP contribution >= 0.6 is 11.8 Å². The molecule has 0 aliphatic heterocycles. The van der Waals surface area contributed by atoms with Gasteiger partial charge in [-0.15, -0.1) is 0 Å². The van der Waals surface area contributed by atoms with E-state index in [0.29, 0.717) is 12.6 Å². The molecule has 96 valence electrons. The molecule has 16 heavy (non-hydrogen) atoms. The third-order valence-corrected chi connectivity index (χ3v) is 4.47. The van der Waals surface area contributed by atoms with Crippen molar-refractivity contribution in [1.82, 2.24) is 4.90 Å². The molecule has 1 N–H and O–H groups in total. The Bertz CT molecular complexity index is 192. The lowest BCUT2D eigenvalue weighted by atomic mass is 10.2. The second-order valence-electron chi connectivity index (χ2n) is 4.59. The Morgan fingerprint density at radius 2 is 2.25 bits per heavy atom. The van der Waals surface area contributed by atoms with Gasteiger partial charge in [0.25, 0.3) is 0 Å². The molecule has 4 heteroatoms. The molecule has 0 radical (unpaired) electrons. The summed E-state index contributed by atoms with van der Waals surface area (Å²) in [6.07, 6.45) is 3.52. The first-order valence-electron chi connectivity index (χ1n) is 6.16. The van der Waals surface area contributed by atoms with Crippen LogP contribution in [0.15, 0.2) is 0 Å². The summed E-state index contributed by atoms with van der Waals surface area (Å²) in [7, 11) is 3.75. The molecule has 0 saturated heterocycles. The van der Waals surface area contributed by atoms with Crippen LogP contribution in [0.3, 0.4) is 0 Å². The second kappa shape index (κ2) is 7.54. The molecule has 0 aromatic rings. The second-order valence-corrected chi connectivity index (χ2v) is 6.17. The predicted octanol–water partition coefficient (Wildman–Crippen LogP) is 1.60. The Morgan fingerprint density at radius 3 is 2.88 bits per heavy atom. The molecule has 0 aromatic carbocycles. The van der Waals surface area contributed by atoms with Crippen LogP contribution in [0, 0.1) is 0 Å². The predicted molar refractivity (Wildman–Crippen MR) is 70.1 cm³/mol. The number of hydrogen-bond donors (Lipinski definition) is 1. The summed E-state index contributed by atoms with van der Waals surface area (Å²) >= 11 is 2.08. The van der Waals surface area contributed by atoms with E-state index in [2.05, 4.69) is 30.6 Å². The van der Waals surface area contributed by atoms with E-state index in [1.165, 1.54) is 25.0 Å². The molecule has 0 aromatic heterocycles. The minimum Gasteiger partial charge on any atom is -0.389 e. The van der Waals surface area contributed by atoms with E-state index in [1.807, 2.05) is 0 Å². The molecular formula is C12H25NO2S. The fourth-order valence-corrected chi connectivity index (χ4v) is 3.56. The van der Waals surface area contributed by atoms with Crippen molar-refractivity contribution in [2.45, 2.75) is 43.6 Å². The van der Waals surface area contributed by atoms with Gasteiger partial charge in [-0.2, -0.15) is 11.8 Å². The molecule has 1 aliphatic rings. The topological polar surface area (TPSA) is 32.7 Å².